The summed E-state index contributed by atoms with van der Waals surface area (Å²) in [6, 6.07) is 5.67. The van der Waals surface area contributed by atoms with Crippen LogP contribution in [0, 0.1) is 6.92 Å². The van der Waals surface area contributed by atoms with E-state index in [2.05, 4.69) is 24.1 Å². The molecule has 0 aliphatic rings. The molecule has 2 rings (SSSR count). The van der Waals surface area contributed by atoms with Crippen molar-refractivity contribution in [2.75, 3.05) is 13.2 Å². The number of rotatable bonds is 6. The number of aromatic nitrogens is 1. The highest BCUT2D eigenvalue weighted by molar-refractivity contribution is 7.15. The SMILES string of the molecule is CCNC(C)c1sc(-c2ccc(O)c(OCC)c2)nc1C. The lowest BCUT2D eigenvalue weighted by atomic mass is 10.2. The summed E-state index contributed by atoms with van der Waals surface area (Å²) in [6.07, 6.45) is 0. The normalized spacial score (nSPS) is 12.4. The number of ether oxygens (including phenoxy) is 1. The third-order valence-corrected chi connectivity index (χ3v) is 4.63. The Morgan fingerprint density at radius 2 is 2.14 bits per heavy atom. The van der Waals surface area contributed by atoms with E-state index in [0.717, 1.165) is 22.8 Å². The van der Waals surface area contributed by atoms with Crippen LogP contribution in [-0.2, 0) is 0 Å². The summed E-state index contributed by atoms with van der Waals surface area (Å²) in [4.78, 5) is 5.90. The summed E-state index contributed by atoms with van der Waals surface area (Å²) in [7, 11) is 0. The molecule has 0 radical (unpaired) electrons. The maximum absolute atomic E-state index is 9.78. The molecule has 0 saturated heterocycles. The summed E-state index contributed by atoms with van der Waals surface area (Å²) in [5.74, 6) is 0.666. The van der Waals surface area contributed by atoms with Crippen LogP contribution < -0.4 is 10.1 Å². The maximum Gasteiger partial charge on any atom is 0.161 e. The Hall–Kier alpha value is -1.59. The van der Waals surface area contributed by atoms with E-state index < -0.39 is 0 Å². The van der Waals surface area contributed by atoms with Crippen molar-refractivity contribution >= 4 is 11.3 Å². The van der Waals surface area contributed by atoms with Crippen LogP contribution in [0.4, 0.5) is 0 Å². The number of nitrogens with one attached hydrogen (secondary N) is 1. The Labute approximate surface area is 129 Å². The summed E-state index contributed by atoms with van der Waals surface area (Å²) < 4.78 is 5.44. The molecular formula is C16H22N2O2S. The summed E-state index contributed by atoms with van der Waals surface area (Å²) in [5, 5.41) is 14.1. The molecule has 1 aromatic carbocycles. The van der Waals surface area contributed by atoms with E-state index in [1.54, 1.807) is 17.4 Å². The van der Waals surface area contributed by atoms with Crippen LogP contribution in [0.2, 0.25) is 0 Å². The summed E-state index contributed by atoms with van der Waals surface area (Å²) >= 11 is 1.68. The van der Waals surface area contributed by atoms with Crippen LogP contribution in [0.15, 0.2) is 18.2 Å². The summed E-state index contributed by atoms with van der Waals surface area (Å²) in [6.45, 7) is 9.64. The van der Waals surface area contributed by atoms with E-state index in [4.69, 9.17) is 4.74 Å². The van der Waals surface area contributed by atoms with E-state index in [1.165, 1.54) is 4.88 Å². The van der Waals surface area contributed by atoms with Crippen molar-refractivity contribution in [1.82, 2.24) is 10.3 Å². The minimum atomic E-state index is 0.162. The smallest absolute Gasteiger partial charge is 0.161 e. The first kappa shape index (κ1) is 15.8. The number of hydrogen-bond donors (Lipinski definition) is 2. The molecule has 1 atom stereocenters. The van der Waals surface area contributed by atoms with E-state index in [1.807, 2.05) is 26.0 Å². The third-order valence-electron chi connectivity index (χ3n) is 3.24. The maximum atomic E-state index is 9.78. The van der Waals surface area contributed by atoms with Crippen LogP contribution in [0.1, 0.15) is 37.4 Å². The average Bonchev–Trinajstić information content (AvgIpc) is 2.84. The van der Waals surface area contributed by atoms with Crippen molar-refractivity contribution in [1.29, 1.82) is 0 Å². The molecular weight excluding hydrogens is 284 g/mol. The second-order valence-electron chi connectivity index (χ2n) is 4.86. The van der Waals surface area contributed by atoms with Crippen molar-refractivity contribution in [3.05, 3.63) is 28.8 Å². The number of aryl methyl sites for hydroxylation is 1. The Kier molecular flexibility index (Phi) is 5.20. The molecule has 0 spiro atoms. The molecule has 1 aromatic heterocycles. The average molecular weight is 306 g/mol. The fourth-order valence-electron chi connectivity index (χ4n) is 2.25. The molecule has 0 amide bonds. The monoisotopic (exact) mass is 306 g/mol. The Balaban J connectivity index is 2.34. The molecule has 0 aliphatic carbocycles. The number of phenols is 1. The van der Waals surface area contributed by atoms with Gasteiger partial charge in [0.15, 0.2) is 11.5 Å². The molecule has 5 heteroatoms. The van der Waals surface area contributed by atoms with Gasteiger partial charge in [-0.15, -0.1) is 11.3 Å². The van der Waals surface area contributed by atoms with Gasteiger partial charge in [-0.05, 0) is 45.5 Å². The van der Waals surface area contributed by atoms with E-state index >= 15 is 0 Å². The van der Waals surface area contributed by atoms with E-state index in [-0.39, 0.29) is 5.75 Å². The minimum absolute atomic E-state index is 0.162. The van der Waals surface area contributed by atoms with E-state index in [9.17, 15) is 5.11 Å². The van der Waals surface area contributed by atoms with Gasteiger partial charge in [0.2, 0.25) is 0 Å². The number of aromatic hydroxyl groups is 1. The van der Waals surface area contributed by atoms with Crippen molar-refractivity contribution in [2.45, 2.75) is 33.7 Å². The molecule has 1 heterocycles. The molecule has 4 nitrogen and oxygen atoms in total. The predicted octanol–water partition coefficient (Wildman–Crippen LogP) is 3.89. The van der Waals surface area contributed by atoms with Gasteiger partial charge in [-0.1, -0.05) is 6.92 Å². The van der Waals surface area contributed by atoms with Crippen LogP contribution in [0.5, 0.6) is 11.5 Å². The van der Waals surface area contributed by atoms with Crippen LogP contribution in [0.3, 0.4) is 0 Å². The highest BCUT2D eigenvalue weighted by atomic mass is 32.1. The lowest BCUT2D eigenvalue weighted by Crippen LogP contribution is -2.17. The van der Waals surface area contributed by atoms with Gasteiger partial charge in [-0.3, -0.25) is 0 Å². The highest BCUT2D eigenvalue weighted by Crippen LogP contribution is 2.36. The van der Waals surface area contributed by atoms with Gasteiger partial charge in [0.05, 0.1) is 12.3 Å². The molecule has 0 saturated carbocycles. The topological polar surface area (TPSA) is 54.4 Å². The molecule has 0 aliphatic heterocycles. The number of phenolic OH excluding ortho intramolecular Hbond substituents is 1. The fourth-order valence-corrected chi connectivity index (χ4v) is 3.34. The van der Waals surface area contributed by atoms with Gasteiger partial charge < -0.3 is 15.2 Å². The second kappa shape index (κ2) is 6.91. The number of nitrogens with zero attached hydrogens (tertiary/aromatic N) is 1. The second-order valence-corrected chi connectivity index (χ2v) is 5.89. The third kappa shape index (κ3) is 3.54. The van der Waals surface area contributed by atoms with E-state index in [0.29, 0.717) is 18.4 Å². The van der Waals surface area contributed by atoms with Gasteiger partial charge in [0.1, 0.15) is 5.01 Å². The molecule has 2 aromatic rings. The Morgan fingerprint density at radius 1 is 1.38 bits per heavy atom. The van der Waals surface area contributed by atoms with Gasteiger partial charge in [0.25, 0.3) is 0 Å². The quantitative estimate of drug-likeness (QED) is 0.850. The Bertz CT molecular complexity index is 610. The first-order valence-electron chi connectivity index (χ1n) is 7.23. The number of thiazole rings is 1. The first-order valence-corrected chi connectivity index (χ1v) is 8.05. The van der Waals surface area contributed by atoms with Crippen LogP contribution in [0.25, 0.3) is 10.6 Å². The van der Waals surface area contributed by atoms with Gasteiger partial charge in [-0.25, -0.2) is 4.98 Å². The zero-order chi connectivity index (χ0) is 15.4. The molecule has 1 unspecified atom stereocenters. The van der Waals surface area contributed by atoms with Crippen molar-refractivity contribution in [3.8, 4) is 22.1 Å². The molecule has 0 bridgehead atoms. The van der Waals surface area contributed by atoms with Crippen molar-refractivity contribution in [2.24, 2.45) is 0 Å². The van der Waals surface area contributed by atoms with Gasteiger partial charge in [-0.2, -0.15) is 0 Å². The fraction of sp³-hybridized carbons (Fsp3) is 0.438. The lowest BCUT2D eigenvalue weighted by molar-refractivity contribution is 0.318. The zero-order valence-corrected chi connectivity index (χ0v) is 13.8. The van der Waals surface area contributed by atoms with Crippen LogP contribution in [-0.4, -0.2) is 23.2 Å². The highest BCUT2D eigenvalue weighted by Gasteiger charge is 2.15. The standard InChI is InChI=1S/C16H22N2O2S/c1-5-17-10(3)15-11(4)18-16(21-15)12-7-8-13(19)14(9-12)20-6-2/h7-10,17,19H,5-6H2,1-4H3. The molecule has 21 heavy (non-hydrogen) atoms. The molecule has 2 N–H and O–H groups in total. The first-order chi connectivity index (χ1) is 10.1. The van der Waals surface area contributed by atoms with Crippen molar-refractivity contribution in [3.63, 3.8) is 0 Å². The number of hydrogen-bond acceptors (Lipinski definition) is 5. The summed E-state index contributed by atoms with van der Waals surface area (Å²) in [5.41, 5.74) is 2.02. The minimum Gasteiger partial charge on any atom is -0.504 e. The lowest BCUT2D eigenvalue weighted by Gasteiger charge is -2.10. The van der Waals surface area contributed by atoms with Crippen LogP contribution >= 0.6 is 11.3 Å². The predicted molar refractivity (Wildman–Crippen MR) is 87.2 cm³/mol. The van der Waals surface area contributed by atoms with Gasteiger partial charge in [0, 0.05) is 16.5 Å². The van der Waals surface area contributed by atoms with Gasteiger partial charge >= 0.3 is 0 Å². The largest absolute Gasteiger partial charge is 0.504 e. The zero-order valence-electron chi connectivity index (χ0n) is 12.9. The molecule has 0 fully saturated rings. The number of benzene rings is 1. The Morgan fingerprint density at radius 3 is 2.81 bits per heavy atom. The van der Waals surface area contributed by atoms with Crippen molar-refractivity contribution < 1.29 is 9.84 Å². The molecule has 114 valence electrons.